The van der Waals surface area contributed by atoms with Crippen LogP contribution < -0.4 is 10.1 Å². The zero-order valence-corrected chi connectivity index (χ0v) is 14.0. The number of hydrogen-bond acceptors (Lipinski definition) is 4. The standard InChI is InChI=1S/C18H25NO4/c1-13(2)8-6-4-5-7-9-16(22)19-17-14(12-20)10-11-15(21)18(17)23-3/h6,8,10-13,21H,4-5,7,9H2,1-3H3,(H,19,22)/b8-6+. The summed E-state index contributed by atoms with van der Waals surface area (Å²) in [6, 6.07) is 2.80. The maximum absolute atomic E-state index is 12.0. The number of nitrogens with one attached hydrogen (secondary N) is 1. The fourth-order valence-corrected chi connectivity index (χ4v) is 2.14. The van der Waals surface area contributed by atoms with Crippen LogP contribution in [0, 0.1) is 5.92 Å². The number of phenols is 1. The maximum atomic E-state index is 12.0. The smallest absolute Gasteiger partial charge is 0.224 e. The van der Waals surface area contributed by atoms with Gasteiger partial charge in [0.2, 0.25) is 5.91 Å². The lowest BCUT2D eigenvalue weighted by Gasteiger charge is -2.13. The third-order valence-electron chi connectivity index (χ3n) is 3.31. The molecule has 0 heterocycles. The lowest BCUT2D eigenvalue weighted by molar-refractivity contribution is -0.116. The van der Waals surface area contributed by atoms with Crippen LogP contribution >= 0.6 is 0 Å². The molecule has 0 aliphatic carbocycles. The summed E-state index contributed by atoms with van der Waals surface area (Å²) in [5.41, 5.74) is 0.486. The largest absolute Gasteiger partial charge is 0.504 e. The molecule has 0 saturated carbocycles. The Morgan fingerprint density at radius 3 is 2.70 bits per heavy atom. The Morgan fingerprint density at radius 1 is 1.35 bits per heavy atom. The van der Waals surface area contributed by atoms with Gasteiger partial charge in [0.1, 0.15) is 0 Å². The predicted octanol–water partition coefficient (Wildman–Crippen LogP) is 3.92. The number of methoxy groups -OCH3 is 1. The molecule has 0 saturated heterocycles. The number of phenolic OH excluding ortho intramolecular Hbond substituents is 1. The van der Waals surface area contributed by atoms with Gasteiger partial charge in [-0.05, 0) is 37.3 Å². The van der Waals surface area contributed by atoms with E-state index in [1.165, 1.54) is 19.2 Å². The SMILES string of the molecule is COc1c(O)ccc(C=O)c1NC(=O)CCCC/C=C/C(C)C. The molecule has 0 spiro atoms. The minimum absolute atomic E-state index is 0.0998. The monoisotopic (exact) mass is 319 g/mol. The minimum atomic E-state index is -0.204. The first kappa shape index (κ1) is 18.7. The Labute approximate surface area is 137 Å². The topological polar surface area (TPSA) is 75.6 Å². The number of ether oxygens (including phenoxy) is 1. The highest BCUT2D eigenvalue weighted by Crippen LogP contribution is 2.36. The molecule has 5 nitrogen and oxygen atoms in total. The molecular formula is C18H25NO4. The van der Waals surface area contributed by atoms with Gasteiger partial charge in [-0.1, -0.05) is 26.0 Å². The van der Waals surface area contributed by atoms with Crippen LogP contribution in [0.4, 0.5) is 5.69 Å². The van der Waals surface area contributed by atoms with E-state index in [2.05, 4.69) is 31.3 Å². The molecule has 2 N–H and O–H groups in total. The number of amides is 1. The number of hydrogen-bond donors (Lipinski definition) is 2. The average Bonchev–Trinajstić information content (AvgIpc) is 2.51. The summed E-state index contributed by atoms with van der Waals surface area (Å²) in [6.07, 6.45) is 7.88. The molecule has 1 amide bonds. The molecular weight excluding hydrogens is 294 g/mol. The lowest BCUT2D eigenvalue weighted by atomic mass is 10.1. The first-order chi connectivity index (χ1) is 11.0. The van der Waals surface area contributed by atoms with E-state index in [1.807, 2.05) is 0 Å². The van der Waals surface area contributed by atoms with Gasteiger partial charge in [0, 0.05) is 12.0 Å². The molecule has 0 aliphatic heterocycles. The lowest BCUT2D eigenvalue weighted by Crippen LogP contribution is -2.13. The van der Waals surface area contributed by atoms with Gasteiger partial charge in [0.15, 0.2) is 17.8 Å². The first-order valence-corrected chi connectivity index (χ1v) is 7.81. The van der Waals surface area contributed by atoms with Crippen LogP contribution in [-0.4, -0.2) is 24.4 Å². The van der Waals surface area contributed by atoms with E-state index in [0.717, 1.165) is 19.3 Å². The number of aldehydes is 1. The highest BCUT2D eigenvalue weighted by molar-refractivity contribution is 5.99. The summed E-state index contributed by atoms with van der Waals surface area (Å²) >= 11 is 0. The van der Waals surface area contributed by atoms with Gasteiger partial charge in [0.25, 0.3) is 0 Å². The molecule has 1 rings (SSSR count). The maximum Gasteiger partial charge on any atom is 0.224 e. The van der Waals surface area contributed by atoms with Crippen molar-refractivity contribution in [1.29, 1.82) is 0 Å². The van der Waals surface area contributed by atoms with Crippen LogP contribution in [0.5, 0.6) is 11.5 Å². The highest BCUT2D eigenvalue weighted by atomic mass is 16.5. The molecule has 5 heteroatoms. The molecule has 23 heavy (non-hydrogen) atoms. The zero-order valence-electron chi connectivity index (χ0n) is 14.0. The summed E-state index contributed by atoms with van der Waals surface area (Å²) in [5, 5.41) is 12.4. The van der Waals surface area contributed by atoms with Crippen LogP contribution in [-0.2, 0) is 4.79 Å². The second-order valence-electron chi connectivity index (χ2n) is 5.67. The third kappa shape index (κ3) is 6.14. The number of benzene rings is 1. The van der Waals surface area contributed by atoms with Crippen LogP contribution in [0.2, 0.25) is 0 Å². The van der Waals surface area contributed by atoms with E-state index in [9.17, 15) is 14.7 Å². The third-order valence-corrected chi connectivity index (χ3v) is 3.31. The summed E-state index contributed by atoms with van der Waals surface area (Å²) in [6.45, 7) is 4.24. The van der Waals surface area contributed by atoms with E-state index in [4.69, 9.17) is 4.74 Å². The number of carbonyl (C=O) groups is 2. The van der Waals surface area contributed by atoms with Gasteiger partial charge in [-0.15, -0.1) is 0 Å². The molecule has 0 atom stereocenters. The molecule has 1 aromatic rings. The summed E-state index contributed by atoms with van der Waals surface area (Å²) in [7, 11) is 1.38. The van der Waals surface area contributed by atoms with E-state index in [0.29, 0.717) is 18.6 Å². The summed E-state index contributed by atoms with van der Waals surface area (Å²) in [4.78, 5) is 23.1. The quantitative estimate of drug-likeness (QED) is 0.411. The molecule has 126 valence electrons. The van der Waals surface area contributed by atoms with E-state index >= 15 is 0 Å². The van der Waals surface area contributed by atoms with Crippen molar-refractivity contribution in [3.8, 4) is 11.5 Å². The average molecular weight is 319 g/mol. The van der Waals surface area contributed by atoms with Crippen LogP contribution in [0.3, 0.4) is 0 Å². The summed E-state index contributed by atoms with van der Waals surface area (Å²) in [5.74, 6) is 0.318. The Hall–Kier alpha value is -2.30. The zero-order chi connectivity index (χ0) is 17.2. The van der Waals surface area contributed by atoms with Crippen molar-refractivity contribution in [2.45, 2.75) is 39.5 Å². The fourth-order valence-electron chi connectivity index (χ4n) is 2.14. The van der Waals surface area contributed by atoms with Gasteiger partial charge in [-0.3, -0.25) is 9.59 Å². The molecule has 0 aliphatic rings. The highest BCUT2D eigenvalue weighted by Gasteiger charge is 2.15. The van der Waals surface area contributed by atoms with Crippen molar-refractivity contribution in [1.82, 2.24) is 0 Å². The number of unbranched alkanes of at least 4 members (excludes halogenated alkanes) is 2. The first-order valence-electron chi connectivity index (χ1n) is 7.81. The van der Waals surface area contributed by atoms with E-state index in [1.54, 1.807) is 0 Å². The number of anilines is 1. The van der Waals surface area contributed by atoms with Gasteiger partial charge in [-0.25, -0.2) is 0 Å². The number of carbonyl (C=O) groups excluding carboxylic acids is 2. The second kappa shape index (κ2) is 9.66. The predicted molar refractivity (Wildman–Crippen MR) is 91.1 cm³/mol. The van der Waals surface area contributed by atoms with Crippen molar-refractivity contribution in [3.05, 3.63) is 29.8 Å². The van der Waals surface area contributed by atoms with Crippen LogP contribution in [0.1, 0.15) is 49.9 Å². The van der Waals surface area contributed by atoms with Gasteiger partial charge in [-0.2, -0.15) is 0 Å². The van der Waals surface area contributed by atoms with Gasteiger partial charge in [0.05, 0.1) is 12.8 Å². The van der Waals surface area contributed by atoms with Crippen molar-refractivity contribution in [2.75, 3.05) is 12.4 Å². The van der Waals surface area contributed by atoms with Crippen molar-refractivity contribution < 1.29 is 19.4 Å². The van der Waals surface area contributed by atoms with Crippen LogP contribution in [0.15, 0.2) is 24.3 Å². The Bertz CT molecular complexity index is 564. The van der Waals surface area contributed by atoms with E-state index in [-0.39, 0.29) is 28.7 Å². The Balaban J connectivity index is 2.57. The van der Waals surface area contributed by atoms with Gasteiger partial charge < -0.3 is 15.2 Å². The molecule has 1 aromatic carbocycles. The van der Waals surface area contributed by atoms with E-state index < -0.39 is 0 Å². The van der Waals surface area contributed by atoms with Crippen molar-refractivity contribution in [2.24, 2.45) is 5.92 Å². The number of aromatic hydroxyl groups is 1. The number of rotatable bonds is 9. The molecule has 0 fully saturated rings. The second-order valence-corrected chi connectivity index (χ2v) is 5.67. The molecule has 0 bridgehead atoms. The number of allylic oxidation sites excluding steroid dienone is 2. The molecule has 0 unspecified atom stereocenters. The minimum Gasteiger partial charge on any atom is -0.504 e. The fraction of sp³-hybridized carbons (Fsp3) is 0.444. The Morgan fingerprint density at radius 2 is 2.09 bits per heavy atom. The van der Waals surface area contributed by atoms with Crippen molar-refractivity contribution >= 4 is 17.9 Å². The molecule has 0 radical (unpaired) electrons. The van der Waals surface area contributed by atoms with Gasteiger partial charge >= 0.3 is 0 Å². The Kier molecular flexibility index (Phi) is 7.88. The normalized spacial score (nSPS) is 11.0. The van der Waals surface area contributed by atoms with Crippen LogP contribution in [0.25, 0.3) is 0 Å². The summed E-state index contributed by atoms with van der Waals surface area (Å²) < 4.78 is 5.07. The van der Waals surface area contributed by atoms with Crippen molar-refractivity contribution in [3.63, 3.8) is 0 Å². The molecule has 0 aromatic heterocycles.